The first kappa shape index (κ1) is 18.4. The van der Waals surface area contributed by atoms with E-state index in [4.69, 9.17) is 5.14 Å². The minimum absolute atomic E-state index is 0.0702. The summed E-state index contributed by atoms with van der Waals surface area (Å²) in [6.45, 7) is 4.27. The molecule has 3 heteroatoms. The monoisotopic (exact) mass is 309 g/mol. The lowest BCUT2D eigenvalue weighted by atomic mass is 9.91. The molecule has 2 N–H and O–H groups in total. The average Bonchev–Trinajstić information content (AvgIpc) is 2.49. The van der Waals surface area contributed by atoms with E-state index in [-0.39, 0.29) is 5.25 Å². The predicted molar refractivity (Wildman–Crippen MR) is 93.4 cm³/mol. The molecule has 1 aromatic carbocycles. The molecule has 3 unspecified atom stereocenters. The summed E-state index contributed by atoms with van der Waals surface area (Å²) >= 11 is 0. The van der Waals surface area contributed by atoms with E-state index < -0.39 is 11.0 Å². The molecule has 1 aromatic rings. The Labute approximate surface area is 133 Å². The van der Waals surface area contributed by atoms with Gasteiger partial charge in [-0.3, -0.25) is 5.14 Å². The third-order valence-corrected chi connectivity index (χ3v) is 5.42. The Balaban J connectivity index is 2.43. The molecule has 0 amide bonds. The van der Waals surface area contributed by atoms with Crippen molar-refractivity contribution < 1.29 is 4.21 Å². The fourth-order valence-corrected chi connectivity index (χ4v) is 3.41. The fraction of sp³-hybridized carbons (Fsp3) is 0.667. The second-order valence-electron chi connectivity index (χ2n) is 6.04. The molecule has 21 heavy (non-hydrogen) atoms. The van der Waals surface area contributed by atoms with Crippen LogP contribution < -0.4 is 5.14 Å². The molecular formula is C18H31NOS. The van der Waals surface area contributed by atoms with Crippen LogP contribution in [0.25, 0.3) is 0 Å². The fourth-order valence-electron chi connectivity index (χ4n) is 2.80. The summed E-state index contributed by atoms with van der Waals surface area (Å²) in [6.07, 6.45) is 9.93. The predicted octanol–water partition coefficient (Wildman–Crippen LogP) is 4.61. The zero-order chi connectivity index (χ0) is 15.5. The molecule has 0 bridgehead atoms. The Morgan fingerprint density at radius 3 is 2.29 bits per heavy atom. The Morgan fingerprint density at radius 2 is 1.67 bits per heavy atom. The molecule has 0 aliphatic heterocycles. The lowest BCUT2D eigenvalue weighted by molar-refractivity contribution is 0.439. The van der Waals surface area contributed by atoms with Crippen molar-refractivity contribution in [3.8, 4) is 0 Å². The number of unbranched alkanes of at least 4 members (excludes halogenated alkanes) is 5. The highest BCUT2D eigenvalue weighted by molar-refractivity contribution is 7.83. The van der Waals surface area contributed by atoms with Crippen molar-refractivity contribution in [2.75, 3.05) is 0 Å². The lowest BCUT2D eigenvalue weighted by Crippen LogP contribution is -2.28. The minimum atomic E-state index is -1.22. The maximum atomic E-state index is 11.6. The highest BCUT2D eigenvalue weighted by Gasteiger charge is 2.21. The summed E-state index contributed by atoms with van der Waals surface area (Å²) in [5.41, 5.74) is 1.32. The van der Waals surface area contributed by atoms with Gasteiger partial charge in [-0.2, -0.15) is 0 Å². The third kappa shape index (κ3) is 7.77. The van der Waals surface area contributed by atoms with Crippen LogP contribution in [0.15, 0.2) is 30.3 Å². The lowest BCUT2D eigenvalue weighted by Gasteiger charge is -2.22. The van der Waals surface area contributed by atoms with Crippen LogP contribution in [0.4, 0.5) is 0 Å². The van der Waals surface area contributed by atoms with E-state index >= 15 is 0 Å². The van der Waals surface area contributed by atoms with Gasteiger partial charge in [0.05, 0.1) is 11.0 Å². The number of rotatable bonds is 11. The molecule has 120 valence electrons. The van der Waals surface area contributed by atoms with Crippen LogP contribution in [0.1, 0.15) is 64.4 Å². The van der Waals surface area contributed by atoms with Crippen LogP contribution in [0.3, 0.4) is 0 Å². The number of benzene rings is 1. The first-order valence-corrected chi connectivity index (χ1v) is 9.61. The van der Waals surface area contributed by atoms with Gasteiger partial charge in [0.15, 0.2) is 0 Å². The van der Waals surface area contributed by atoms with E-state index in [2.05, 4.69) is 31.2 Å². The maximum absolute atomic E-state index is 11.6. The number of hydrogen-bond donors (Lipinski definition) is 1. The standard InChI is InChI=1S/C18H31NOS/c1-3-4-5-6-7-11-14-18(16(2)21(19)20)15-17-12-9-8-10-13-17/h8-10,12-13,16,18H,3-7,11,14-15,19H2,1-2H3. The van der Waals surface area contributed by atoms with Crippen LogP contribution in [0.5, 0.6) is 0 Å². The van der Waals surface area contributed by atoms with Crippen molar-refractivity contribution in [2.45, 2.75) is 70.5 Å². The van der Waals surface area contributed by atoms with Gasteiger partial charge < -0.3 is 0 Å². The number of hydrogen-bond acceptors (Lipinski definition) is 1. The van der Waals surface area contributed by atoms with Gasteiger partial charge in [0, 0.05) is 5.25 Å². The molecule has 0 heterocycles. The average molecular weight is 310 g/mol. The SMILES string of the molecule is CCCCCCCCC(Cc1ccccc1)C(C)S(N)=O. The van der Waals surface area contributed by atoms with Gasteiger partial charge in [0.25, 0.3) is 0 Å². The molecule has 0 aliphatic rings. The Bertz CT molecular complexity index is 393. The van der Waals surface area contributed by atoms with Crippen LogP contribution >= 0.6 is 0 Å². The number of nitrogens with two attached hydrogens (primary N) is 1. The second kappa shape index (κ2) is 11.0. The summed E-state index contributed by atoms with van der Waals surface area (Å²) in [7, 11) is -1.22. The second-order valence-corrected chi connectivity index (χ2v) is 7.44. The molecule has 0 spiro atoms. The summed E-state index contributed by atoms with van der Waals surface area (Å²) in [5, 5.41) is 5.70. The van der Waals surface area contributed by atoms with Gasteiger partial charge in [-0.1, -0.05) is 75.8 Å². The van der Waals surface area contributed by atoms with Gasteiger partial charge in [-0.05, 0) is 31.2 Å². The third-order valence-electron chi connectivity index (χ3n) is 4.30. The topological polar surface area (TPSA) is 43.1 Å². The summed E-state index contributed by atoms with van der Waals surface area (Å²) in [4.78, 5) is 0. The maximum Gasteiger partial charge on any atom is 0.0919 e. The Morgan fingerprint density at radius 1 is 1.05 bits per heavy atom. The molecule has 0 saturated heterocycles. The van der Waals surface area contributed by atoms with Crippen molar-refractivity contribution in [3.63, 3.8) is 0 Å². The largest absolute Gasteiger partial charge is 0.252 e. The Hall–Kier alpha value is -0.670. The zero-order valence-electron chi connectivity index (χ0n) is 13.6. The van der Waals surface area contributed by atoms with E-state index in [0.717, 1.165) is 12.8 Å². The summed E-state index contributed by atoms with van der Waals surface area (Å²) in [6, 6.07) is 10.5. The van der Waals surface area contributed by atoms with Crippen molar-refractivity contribution >= 4 is 11.0 Å². The van der Waals surface area contributed by atoms with E-state index in [9.17, 15) is 4.21 Å². The highest BCUT2D eigenvalue weighted by Crippen LogP contribution is 2.22. The molecule has 0 aliphatic carbocycles. The van der Waals surface area contributed by atoms with E-state index in [1.54, 1.807) is 0 Å². The minimum Gasteiger partial charge on any atom is -0.252 e. The van der Waals surface area contributed by atoms with Crippen LogP contribution in [-0.2, 0) is 17.4 Å². The van der Waals surface area contributed by atoms with E-state index in [0.29, 0.717) is 5.92 Å². The molecule has 3 atom stereocenters. The zero-order valence-corrected chi connectivity index (χ0v) is 14.4. The Kier molecular flexibility index (Phi) is 9.60. The molecule has 0 aromatic heterocycles. The van der Waals surface area contributed by atoms with Crippen LogP contribution in [0.2, 0.25) is 0 Å². The molecule has 1 rings (SSSR count). The van der Waals surface area contributed by atoms with Gasteiger partial charge in [0.1, 0.15) is 0 Å². The van der Waals surface area contributed by atoms with Crippen LogP contribution in [0, 0.1) is 5.92 Å². The van der Waals surface area contributed by atoms with Crippen molar-refractivity contribution in [2.24, 2.45) is 11.1 Å². The summed E-state index contributed by atoms with van der Waals surface area (Å²) < 4.78 is 11.6. The molecule has 0 fully saturated rings. The molecule has 0 saturated carbocycles. The van der Waals surface area contributed by atoms with Crippen molar-refractivity contribution in [1.29, 1.82) is 0 Å². The van der Waals surface area contributed by atoms with Gasteiger partial charge >= 0.3 is 0 Å². The van der Waals surface area contributed by atoms with Gasteiger partial charge in [-0.25, -0.2) is 4.21 Å². The van der Waals surface area contributed by atoms with Crippen molar-refractivity contribution in [3.05, 3.63) is 35.9 Å². The van der Waals surface area contributed by atoms with E-state index in [1.165, 1.54) is 44.1 Å². The normalized spacial score (nSPS) is 15.6. The first-order valence-electron chi connectivity index (χ1n) is 8.34. The van der Waals surface area contributed by atoms with E-state index in [1.807, 2.05) is 13.0 Å². The molecule has 0 radical (unpaired) electrons. The molecule has 2 nitrogen and oxygen atoms in total. The summed E-state index contributed by atoms with van der Waals surface area (Å²) in [5.74, 6) is 0.421. The first-order chi connectivity index (χ1) is 10.1. The highest BCUT2D eigenvalue weighted by atomic mass is 32.2. The van der Waals surface area contributed by atoms with Crippen LogP contribution in [-0.4, -0.2) is 9.46 Å². The van der Waals surface area contributed by atoms with Crippen molar-refractivity contribution in [1.82, 2.24) is 0 Å². The quantitative estimate of drug-likeness (QED) is 0.596. The van der Waals surface area contributed by atoms with Gasteiger partial charge in [0.2, 0.25) is 0 Å². The molecular weight excluding hydrogens is 278 g/mol. The smallest absolute Gasteiger partial charge is 0.0919 e. The van der Waals surface area contributed by atoms with Gasteiger partial charge in [-0.15, -0.1) is 0 Å².